The Labute approximate surface area is 79.6 Å². The molecule has 2 unspecified atom stereocenters. The van der Waals surface area contributed by atoms with E-state index in [0.29, 0.717) is 0 Å². The molecule has 3 fully saturated rings. The van der Waals surface area contributed by atoms with Crippen molar-refractivity contribution < 1.29 is 5.11 Å². The number of rotatable bonds is 1. The van der Waals surface area contributed by atoms with Gasteiger partial charge in [0.2, 0.25) is 0 Å². The summed E-state index contributed by atoms with van der Waals surface area (Å²) in [7, 11) is 0. The van der Waals surface area contributed by atoms with Gasteiger partial charge in [-0.2, -0.15) is 5.26 Å². The molecule has 3 saturated carbocycles. The molecule has 0 radical (unpaired) electrons. The van der Waals surface area contributed by atoms with Gasteiger partial charge in [-0.25, -0.2) is 0 Å². The smallest absolute Gasteiger partial charge is 0.0699 e. The minimum atomic E-state index is -0.240. The maximum Gasteiger partial charge on any atom is 0.0699 e. The molecule has 1 N–H and O–H groups in total. The van der Waals surface area contributed by atoms with Gasteiger partial charge in [-0.3, -0.25) is 0 Å². The molecular formula is C11H17NO. The van der Waals surface area contributed by atoms with E-state index in [4.69, 9.17) is 0 Å². The first kappa shape index (κ1) is 9.02. The lowest BCUT2D eigenvalue weighted by atomic mass is 9.38. The standard InChI is InChI=1S/C11H17NO/c1-9(2)10(3)4-5-11(9,7-12)8(10)6-13/h8,13H,4-6H2,1-3H3/t8?,10-,11?/m1/s1. The summed E-state index contributed by atoms with van der Waals surface area (Å²) < 4.78 is 0. The van der Waals surface area contributed by atoms with E-state index in [9.17, 15) is 10.4 Å². The third-order valence-electron chi connectivity index (χ3n) is 5.33. The molecule has 0 amide bonds. The first-order chi connectivity index (χ1) is 5.96. The molecule has 2 nitrogen and oxygen atoms in total. The second-order valence-corrected chi connectivity index (χ2v) is 5.36. The van der Waals surface area contributed by atoms with Crippen LogP contribution in [0.4, 0.5) is 0 Å². The summed E-state index contributed by atoms with van der Waals surface area (Å²) in [5, 5.41) is 18.6. The Kier molecular flexibility index (Phi) is 1.45. The minimum Gasteiger partial charge on any atom is -0.396 e. The van der Waals surface area contributed by atoms with Gasteiger partial charge in [0.25, 0.3) is 0 Å². The van der Waals surface area contributed by atoms with Crippen molar-refractivity contribution in [3.8, 4) is 6.07 Å². The molecule has 3 aliphatic rings. The van der Waals surface area contributed by atoms with E-state index in [1.165, 1.54) is 0 Å². The molecule has 72 valence electrons. The predicted molar refractivity (Wildman–Crippen MR) is 49.7 cm³/mol. The van der Waals surface area contributed by atoms with Crippen molar-refractivity contribution in [3.05, 3.63) is 0 Å². The summed E-state index contributed by atoms with van der Waals surface area (Å²) in [6.45, 7) is 6.74. The van der Waals surface area contributed by atoms with E-state index >= 15 is 0 Å². The molecule has 0 heterocycles. The molecule has 0 aromatic heterocycles. The fourth-order valence-corrected chi connectivity index (χ4v) is 3.91. The number of fused-ring (bicyclic) bond motifs is 1. The highest BCUT2D eigenvalue weighted by Gasteiger charge is 2.77. The van der Waals surface area contributed by atoms with E-state index in [2.05, 4.69) is 26.8 Å². The molecule has 2 heteroatoms. The summed E-state index contributed by atoms with van der Waals surface area (Å²) in [6, 6.07) is 2.46. The van der Waals surface area contributed by atoms with Crippen LogP contribution in [0.2, 0.25) is 0 Å². The van der Waals surface area contributed by atoms with Crippen LogP contribution in [0.3, 0.4) is 0 Å². The molecular weight excluding hydrogens is 162 g/mol. The van der Waals surface area contributed by atoms with E-state index in [1.54, 1.807) is 0 Å². The van der Waals surface area contributed by atoms with Crippen LogP contribution in [0.15, 0.2) is 0 Å². The van der Waals surface area contributed by atoms with Gasteiger partial charge in [0.15, 0.2) is 0 Å². The zero-order chi connectivity index (χ0) is 9.91. The van der Waals surface area contributed by atoms with Crippen molar-refractivity contribution in [2.75, 3.05) is 6.61 Å². The van der Waals surface area contributed by atoms with Gasteiger partial charge < -0.3 is 5.11 Å². The summed E-state index contributed by atoms with van der Waals surface area (Å²) >= 11 is 0. The van der Waals surface area contributed by atoms with Crippen LogP contribution in [-0.2, 0) is 0 Å². The van der Waals surface area contributed by atoms with Crippen molar-refractivity contribution in [1.29, 1.82) is 5.26 Å². The largest absolute Gasteiger partial charge is 0.396 e. The van der Waals surface area contributed by atoms with Crippen LogP contribution in [0.5, 0.6) is 0 Å². The summed E-state index contributed by atoms with van der Waals surface area (Å²) in [6.07, 6.45) is 2.07. The van der Waals surface area contributed by atoms with Gasteiger partial charge in [0.1, 0.15) is 0 Å². The predicted octanol–water partition coefficient (Wildman–Crippen LogP) is 1.94. The molecule has 3 aliphatic carbocycles. The summed E-state index contributed by atoms with van der Waals surface area (Å²) in [5.74, 6) is 0.208. The number of aliphatic hydroxyl groups excluding tert-OH is 1. The highest BCUT2D eigenvalue weighted by atomic mass is 16.3. The maximum atomic E-state index is 9.31. The first-order valence-corrected chi connectivity index (χ1v) is 4.98. The molecule has 0 aliphatic heterocycles. The second kappa shape index (κ2) is 2.09. The number of hydrogen-bond acceptors (Lipinski definition) is 2. The lowest BCUT2D eigenvalue weighted by Gasteiger charge is -2.63. The van der Waals surface area contributed by atoms with Crippen LogP contribution < -0.4 is 0 Å². The third kappa shape index (κ3) is 0.595. The maximum absolute atomic E-state index is 9.31. The van der Waals surface area contributed by atoms with E-state index in [-0.39, 0.29) is 28.8 Å². The van der Waals surface area contributed by atoms with Crippen molar-refractivity contribution in [3.63, 3.8) is 0 Å². The first-order valence-electron chi connectivity index (χ1n) is 4.98. The highest BCUT2D eigenvalue weighted by Crippen LogP contribution is 2.80. The Balaban J connectivity index is 2.47. The van der Waals surface area contributed by atoms with Gasteiger partial charge in [0.05, 0.1) is 11.5 Å². The van der Waals surface area contributed by atoms with Gasteiger partial charge in [0, 0.05) is 12.5 Å². The number of nitriles is 1. The summed E-state index contributed by atoms with van der Waals surface area (Å²) in [5.41, 5.74) is 0.0378. The van der Waals surface area contributed by atoms with Gasteiger partial charge in [-0.15, -0.1) is 0 Å². The van der Waals surface area contributed by atoms with Crippen molar-refractivity contribution >= 4 is 0 Å². The SMILES string of the molecule is CC1(C)C2(C#N)CC[C@]1(C)C2CO. The zero-order valence-corrected chi connectivity index (χ0v) is 8.59. The van der Waals surface area contributed by atoms with Crippen LogP contribution in [0.25, 0.3) is 0 Å². The van der Waals surface area contributed by atoms with Crippen molar-refractivity contribution in [1.82, 2.24) is 0 Å². The fourth-order valence-electron chi connectivity index (χ4n) is 3.91. The monoisotopic (exact) mass is 179 g/mol. The van der Waals surface area contributed by atoms with Crippen LogP contribution >= 0.6 is 0 Å². The molecule has 2 bridgehead atoms. The Morgan fingerprint density at radius 2 is 2.00 bits per heavy atom. The van der Waals surface area contributed by atoms with E-state index < -0.39 is 0 Å². The number of hydrogen-bond donors (Lipinski definition) is 1. The number of nitrogens with zero attached hydrogens (tertiary/aromatic N) is 1. The average molecular weight is 179 g/mol. The molecule has 0 aromatic carbocycles. The van der Waals surface area contributed by atoms with Crippen molar-refractivity contribution in [2.24, 2.45) is 22.2 Å². The molecule has 3 atom stereocenters. The van der Waals surface area contributed by atoms with Crippen LogP contribution in [0, 0.1) is 33.5 Å². The quantitative estimate of drug-likeness (QED) is 0.668. The second-order valence-electron chi connectivity index (χ2n) is 5.36. The Hall–Kier alpha value is -0.550. The Bertz CT molecular complexity index is 291. The average Bonchev–Trinajstić information content (AvgIpc) is 2.50. The molecule has 0 aromatic rings. The number of aliphatic hydroxyl groups is 1. The minimum absolute atomic E-state index is 0.0855. The molecule has 0 spiro atoms. The van der Waals surface area contributed by atoms with Crippen molar-refractivity contribution in [2.45, 2.75) is 33.6 Å². The van der Waals surface area contributed by atoms with Gasteiger partial charge in [-0.05, 0) is 23.7 Å². The normalized spacial score (nSPS) is 51.2. The van der Waals surface area contributed by atoms with Gasteiger partial charge in [-0.1, -0.05) is 20.8 Å². The fraction of sp³-hybridized carbons (Fsp3) is 0.909. The lowest BCUT2D eigenvalue weighted by molar-refractivity contribution is -0.178. The Morgan fingerprint density at radius 3 is 2.31 bits per heavy atom. The van der Waals surface area contributed by atoms with Crippen LogP contribution in [0.1, 0.15) is 33.6 Å². The van der Waals surface area contributed by atoms with E-state index in [1.807, 2.05) is 0 Å². The Morgan fingerprint density at radius 1 is 1.38 bits per heavy atom. The summed E-state index contributed by atoms with van der Waals surface area (Å²) in [4.78, 5) is 0. The third-order valence-corrected chi connectivity index (χ3v) is 5.33. The lowest BCUT2D eigenvalue weighted by Crippen LogP contribution is -2.63. The molecule has 13 heavy (non-hydrogen) atoms. The molecule has 0 saturated heterocycles. The van der Waals surface area contributed by atoms with Crippen LogP contribution in [-0.4, -0.2) is 11.7 Å². The highest BCUT2D eigenvalue weighted by molar-refractivity contribution is 5.31. The van der Waals surface area contributed by atoms with E-state index in [0.717, 1.165) is 12.8 Å². The zero-order valence-electron chi connectivity index (χ0n) is 8.59. The van der Waals surface area contributed by atoms with Gasteiger partial charge >= 0.3 is 0 Å². The topological polar surface area (TPSA) is 44.0 Å². The molecule has 3 rings (SSSR count).